The van der Waals surface area contributed by atoms with Crippen molar-refractivity contribution in [3.63, 3.8) is 0 Å². The zero-order chi connectivity index (χ0) is 9.10. The molecule has 0 saturated carbocycles. The second kappa shape index (κ2) is 4.10. The van der Waals surface area contributed by atoms with Crippen LogP contribution in [-0.4, -0.2) is 11.2 Å². The first-order chi connectivity index (χ1) is 6.36. The summed E-state index contributed by atoms with van der Waals surface area (Å²) >= 11 is 0. The van der Waals surface area contributed by atoms with E-state index in [1.54, 1.807) is 0 Å². The van der Waals surface area contributed by atoms with E-state index in [-0.39, 0.29) is 6.10 Å². The van der Waals surface area contributed by atoms with Crippen LogP contribution in [0.3, 0.4) is 0 Å². The Balaban J connectivity index is 1.86. The van der Waals surface area contributed by atoms with Gasteiger partial charge in [0.05, 0.1) is 6.10 Å². The van der Waals surface area contributed by atoms with Gasteiger partial charge in [0.15, 0.2) is 0 Å². The minimum absolute atomic E-state index is 0.174. The summed E-state index contributed by atoms with van der Waals surface area (Å²) in [5.74, 6) is 0. The van der Waals surface area contributed by atoms with Gasteiger partial charge in [0.2, 0.25) is 0 Å². The lowest BCUT2D eigenvalue weighted by Crippen LogP contribution is -2.09. The Labute approximate surface area is 80.2 Å². The van der Waals surface area contributed by atoms with E-state index >= 15 is 0 Å². The number of hydrogen-bond donors (Lipinski definition) is 1. The van der Waals surface area contributed by atoms with Gasteiger partial charge < -0.3 is 5.11 Å². The van der Waals surface area contributed by atoms with Gasteiger partial charge in [-0.2, -0.15) is 0 Å². The van der Waals surface area contributed by atoms with Gasteiger partial charge in [0, 0.05) is 0 Å². The number of hydrogen-bond acceptors (Lipinski definition) is 1. The van der Waals surface area contributed by atoms with E-state index in [2.05, 4.69) is 12.2 Å². The molecule has 0 bridgehead atoms. The molecule has 1 atom stereocenters. The standard InChI is InChI=1S/C12H18O/c13-12(11-7-3-4-8-11)9-10-5-1-2-6-10/h5,7,12-13H,1-4,6,8-9H2. The third kappa shape index (κ3) is 2.22. The van der Waals surface area contributed by atoms with Crippen LogP contribution in [0, 0.1) is 0 Å². The predicted molar refractivity (Wildman–Crippen MR) is 54.5 cm³/mol. The molecule has 2 aliphatic rings. The Morgan fingerprint density at radius 3 is 2.54 bits per heavy atom. The monoisotopic (exact) mass is 178 g/mol. The van der Waals surface area contributed by atoms with Gasteiger partial charge in [-0.3, -0.25) is 0 Å². The lowest BCUT2D eigenvalue weighted by atomic mass is 10.0. The smallest absolute Gasteiger partial charge is 0.0787 e. The van der Waals surface area contributed by atoms with Crippen LogP contribution >= 0.6 is 0 Å². The number of aliphatic hydroxyl groups excluding tert-OH is 1. The number of allylic oxidation sites excluding steroid dienone is 2. The molecule has 0 spiro atoms. The van der Waals surface area contributed by atoms with Gasteiger partial charge >= 0.3 is 0 Å². The average molecular weight is 178 g/mol. The molecule has 0 amide bonds. The largest absolute Gasteiger partial charge is 0.388 e. The zero-order valence-electron chi connectivity index (χ0n) is 8.13. The molecule has 0 saturated heterocycles. The van der Waals surface area contributed by atoms with Gasteiger partial charge in [-0.05, 0) is 50.5 Å². The predicted octanol–water partition coefficient (Wildman–Crippen LogP) is 2.96. The van der Waals surface area contributed by atoms with Crippen LogP contribution in [0.25, 0.3) is 0 Å². The van der Waals surface area contributed by atoms with Crippen molar-refractivity contribution in [3.8, 4) is 0 Å². The van der Waals surface area contributed by atoms with Gasteiger partial charge in [-0.1, -0.05) is 17.7 Å². The molecule has 1 nitrogen and oxygen atoms in total. The Bertz CT molecular complexity index is 238. The molecule has 0 radical (unpaired) electrons. The molecule has 0 heterocycles. The first kappa shape index (κ1) is 9.01. The van der Waals surface area contributed by atoms with Crippen LogP contribution in [0.1, 0.15) is 44.9 Å². The molecule has 0 aromatic rings. The molecular weight excluding hydrogens is 160 g/mol. The maximum atomic E-state index is 9.90. The van der Waals surface area contributed by atoms with E-state index in [9.17, 15) is 5.11 Å². The summed E-state index contributed by atoms with van der Waals surface area (Å²) in [5.41, 5.74) is 2.76. The highest BCUT2D eigenvalue weighted by Crippen LogP contribution is 2.28. The summed E-state index contributed by atoms with van der Waals surface area (Å²) in [4.78, 5) is 0. The topological polar surface area (TPSA) is 20.2 Å². The summed E-state index contributed by atoms with van der Waals surface area (Å²) in [6.07, 6.45) is 12.5. The molecule has 0 fully saturated rings. The molecular formula is C12H18O. The van der Waals surface area contributed by atoms with Gasteiger partial charge in [0.25, 0.3) is 0 Å². The molecule has 2 aliphatic carbocycles. The Morgan fingerprint density at radius 1 is 1.15 bits per heavy atom. The van der Waals surface area contributed by atoms with Crippen molar-refractivity contribution in [2.24, 2.45) is 0 Å². The van der Waals surface area contributed by atoms with Crippen LogP contribution in [0.15, 0.2) is 23.3 Å². The van der Waals surface area contributed by atoms with Gasteiger partial charge in [0.1, 0.15) is 0 Å². The third-order valence-electron chi connectivity index (χ3n) is 3.09. The van der Waals surface area contributed by atoms with Crippen LogP contribution in [0.4, 0.5) is 0 Å². The molecule has 2 rings (SSSR count). The maximum Gasteiger partial charge on any atom is 0.0787 e. The molecule has 0 aliphatic heterocycles. The molecule has 72 valence electrons. The van der Waals surface area contributed by atoms with Crippen LogP contribution in [0.2, 0.25) is 0 Å². The van der Waals surface area contributed by atoms with Crippen LogP contribution < -0.4 is 0 Å². The van der Waals surface area contributed by atoms with Crippen molar-refractivity contribution in [2.45, 2.75) is 51.0 Å². The Hall–Kier alpha value is -0.560. The summed E-state index contributed by atoms with van der Waals surface area (Å²) in [5, 5.41) is 9.90. The normalized spacial score (nSPS) is 24.4. The van der Waals surface area contributed by atoms with E-state index in [0.29, 0.717) is 0 Å². The molecule has 0 aromatic carbocycles. The van der Waals surface area contributed by atoms with E-state index in [4.69, 9.17) is 0 Å². The highest BCUT2D eigenvalue weighted by molar-refractivity contribution is 5.18. The van der Waals surface area contributed by atoms with E-state index in [1.165, 1.54) is 43.3 Å². The molecule has 1 N–H and O–H groups in total. The second-order valence-electron chi connectivity index (χ2n) is 4.15. The van der Waals surface area contributed by atoms with Crippen molar-refractivity contribution in [1.82, 2.24) is 0 Å². The Morgan fingerprint density at radius 2 is 1.92 bits per heavy atom. The maximum absolute atomic E-state index is 9.90. The molecule has 13 heavy (non-hydrogen) atoms. The quantitative estimate of drug-likeness (QED) is 0.659. The van der Waals surface area contributed by atoms with Gasteiger partial charge in [-0.25, -0.2) is 0 Å². The average Bonchev–Trinajstić information content (AvgIpc) is 2.74. The summed E-state index contributed by atoms with van der Waals surface area (Å²) in [6, 6.07) is 0. The fourth-order valence-electron chi connectivity index (χ4n) is 2.30. The molecule has 1 unspecified atom stereocenters. The molecule has 0 aromatic heterocycles. The van der Waals surface area contributed by atoms with Crippen molar-refractivity contribution >= 4 is 0 Å². The first-order valence-electron chi connectivity index (χ1n) is 5.41. The lowest BCUT2D eigenvalue weighted by molar-refractivity contribution is 0.207. The highest BCUT2D eigenvalue weighted by Gasteiger charge is 2.16. The number of rotatable bonds is 3. The van der Waals surface area contributed by atoms with Crippen LogP contribution in [0.5, 0.6) is 0 Å². The number of aliphatic hydroxyl groups is 1. The van der Waals surface area contributed by atoms with E-state index in [1.807, 2.05) is 0 Å². The van der Waals surface area contributed by atoms with Crippen molar-refractivity contribution in [1.29, 1.82) is 0 Å². The second-order valence-corrected chi connectivity index (χ2v) is 4.15. The van der Waals surface area contributed by atoms with Crippen molar-refractivity contribution < 1.29 is 5.11 Å². The minimum Gasteiger partial charge on any atom is -0.388 e. The fraction of sp³-hybridized carbons (Fsp3) is 0.667. The molecule has 1 heteroatoms. The fourth-order valence-corrected chi connectivity index (χ4v) is 2.30. The van der Waals surface area contributed by atoms with Crippen molar-refractivity contribution in [3.05, 3.63) is 23.3 Å². The zero-order valence-corrected chi connectivity index (χ0v) is 8.13. The minimum atomic E-state index is -0.174. The lowest BCUT2D eigenvalue weighted by Gasteiger charge is -2.12. The Kier molecular flexibility index (Phi) is 2.84. The third-order valence-corrected chi connectivity index (χ3v) is 3.09. The van der Waals surface area contributed by atoms with Crippen LogP contribution in [-0.2, 0) is 0 Å². The first-order valence-corrected chi connectivity index (χ1v) is 5.41. The van der Waals surface area contributed by atoms with Gasteiger partial charge in [-0.15, -0.1) is 0 Å². The summed E-state index contributed by atoms with van der Waals surface area (Å²) in [6.45, 7) is 0. The van der Waals surface area contributed by atoms with E-state index < -0.39 is 0 Å². The SMILES string of the molecule is OC(CC1=CCCC1)C1=CCCC1. The van der Waals surface area contributed by atoms with E-state index in [0.717, 1.165) is 12.8 Å². The van der Waals surface area contributed by atoms with Crippen molar-refractivity contribution in [2.75, 3.05) is 0 Å². The summed E-state index contributed by atoms with van der Waals surface area (Å²) in [7, 11) is 0. The summed E-state index contributed by atoms with van der Waals surface area (Å²) < 4.78 is 0. The highest BCUT2D eigenvalue weighted by atomic mass is 16.3.